The first-order valence-electron chi connectivity index (χ1n) is 8.60. The zero-order chi connectivity index (χ0) is 14.9. The molecule has 120 valence electrons. The van der Waals surface area contributed by atoms with Crippen molar-refractivity contribution in [3.63, 3.8) is 0 Å². The molecule has 0 unspecified atom stereocenters. The normalized spacial score (nSPS) is 32.9. The number of carbonyl (C=O) groups excluding carboxylic acids is 1. The molecule has 2 aliphatic heterocycles. The zero-order valence-corrected chi connectivity index (χ0v) is 13.0. The molecule has 0 radical (unpaired) electrons. The van der Waals surface area contributed by atoms with Crippen LogP contribution in [0.15, 0.2) is 22.8 Å². The van der Waals surface area contributed by atoms with Crippen LogP contribution in [0, 0.1) is 11.8 Å². The molecule has 5 nitrogen and oxygen atoms in total. The maximum absolute atomic E-state index is 12.3. The minimum Gasteiger partial charge on any atom is -0.459 e. The Morgan fingerprint density at radius 2 is 1.86 bits per heavy atom. The number of hydrogen-bond acceptors (Lipinski definition) is 4. The lowest BCUT2D eigenvalue weighted by atomic mass is 9.73. The van der Waals surface area contributed by atoms with Crippen molar-refractivity contribution < 1.29 is 9.21 Å². The fourth-order valence-corrected chi connectivity index (χ4v) is 4.64. The number of piperazine rings is 1. The van der Waals surface area contributed by atoms with Crippen LogP contribution in [0.3, 0.4) is 0 Å². The van der Waals surface area contributed by atoms with Gasteiger partial charge in [-0.2, -0.15) is 0 Å². The van der Waals surface area contributed by atoms with Gasteiger partial charge < -0.3 is 14.6 Å². The molecule has 5 heteroatoms. The van der Waals surface area contributed by atoms with Gasteiger partial charge in [0.2, 0.25) is 0 Å². The first-order valence-corrected chi connectivity index (χ1v) is 8.60. The Morgan fingerprint density at radius 3 is 2.50 bits per heavy atom. The van der Waals surface area contributed by atoms with Gasteiger partial charge in [-0.15, -0.1) is 0 Å². The Hall–Kier alpha value is -1.33. The third kappa shape index (κ3) is 2.57. The van der Waals surface area contributed by atoms with Gasteiger partial charge in [0, 0.05) is 32.2 Å². The third-order valence-electron chi connectivity index (χ3n) is 5.68. The highest BCUT2D eigenvalue weighted by Crippen LogP contribution is 2.35. The van der Waals surface area contributed by atoms with E-state index in [0.29, 0.717) is 5.76 Å². The predicted molar refractivity (Wildman–Crippen MR) is 83.7 cm³/mol. The molecule has 1 aromatic rings. The van der Waals surface area contributed by atoms with Gasteiger partial charge in [0.1, 0.15) is 0 Å². The third-order valence-corrected chi connectivity index (χ3v) is 5.68. The summed E-state index contributed by atoms with van der Waals surface area (Å²) >= 11 is 0. The average Bonchev–Trinajstić information content (AvgIpc) is 3.08. The second kappa shape index (κ2) is 6.05. The minimum atomic E-state index is 0.0372. The van der Waals surface area contributed by atoms with Crippen molar-refractivity contribution in [2.45, 2.75) is 25.3 Å². The summed E-state index contributed by atoms with van der Waals surface area (Å²) in [5.41, 5.74) is 0. The van der Waals surface area contributed by atoms with Gasteiger partial charge in [0.25, 0.3) is 5.91 Å². The molecule has 4 rings (SSSR count). The van der Waals surface area contributed by atoms with Crippen LogP contribution in [-0.4, -0.2) is 61.0 Å². The summed E-state index contributed by atoms with van der Waals surface area (Å²) in [5, 5.41) is 3.60. The number of carbonyl (C=O) groups is 1. The maximum atomic E-state index is 12.3. The van der Waals surface area contributed by atoms with E-state index in [2.05, 4.69) is 10.2 Å². The molecule has 1 saturated carbocycles. The SMILES string of the molecule is O=C(c1ccco1)N1CCN(C2[C@@H]3CCC[C@@H]2CNC3)CC1. The van der Waals surface area contributed by atoms with E-state index in [0.717, 1.165) is 44.1 Å². The molecule has 1 aliphatic carbocycles. The Kier molecular flexibility index (Phi) is 3.92. The summed E-state index contributed by atoms with van der Waals surface area (Å²) in [6.45, 7) is 6.00. The van der Waals surface area contributed by atoms with E-state index in [1.54, 1.807) is 18.4 Å². The lowest BCUT2D eigenvalue weighted by Gasteiger charge is -2.50. The number of rotatable bonds is 2. The van der Waals surface area contributed by atoms with Crippen LogP contribution in [0.2, 0.25) is 0 Å². The molecule has 1 amide bonds. The van der Waals surface area contributed by atoms with Gasteiger partial charge in [-0.05, 0) is 49.9 Å². The molecular formula is C17H25N3O2. The summed E-state index contributed by atoms with van der Waals surface area (Å²) in [6, 6.07) is 4.27. The molecule has 1 N–H and O–H groups in total. The van der Waals surface area contributed by atoms with E-state index in [1.165, 1.54) is 32.4 Å². The van der Waals surface area contributed by atoms with Crippen LogP contribution in [0.4, 0.5) is 0 Å². The van der Waals surface area contributed by atoms with Crippen LogP contribution in [-0.2, 0) is 0 Å². The standard InChI is InChI=1S/C17H25N3O2/c21-17(15-5-2-10-22-15)20-8-6-19(7-9-20)16-13-3-1-4-14(16)12-18-11-13/h2,5,10,13-14,16,18H,1,3-4,6-9,11-12H2/t13-,14-/m1/s1. The fourth-order valence-electron chi connectivity index (χ4n) is 4.64. The molecule has 2 saturated heterocycles. The molecular weight excluding hydrogens is 278 g/mol. The second-order valence-corrected chi connectivity index (χ2v) is 6.91. The van der Waals surface area contributed by atoms with Gasteiger partial charge in [-0.3, -0.25) is 9.69 Å². The number of nitrogens with one attached hydrogen (secondary N) is 1. The molecule has 3 heterocycles. The zero-order valence-electron chi connectivity index (χ0n) is 13.0. The van der Waals surface area contributed by atoms with Crippen molar-refractivity contribution in [2.24, 2.45) is 11.8 Å². The minimum absolute atomic E-state index is 0.0372. The molecule has 22 heavy (non-hydrogen) atoms. The van der Waals surface area contributed by atoms with Crippen LogP contribution in [0.25, 0.3) is 0 Å². The highest BCUT2D eigenvalue weighted by molar-refractivity contribution is 5.91. The number of furan rings is 1. The summed E-state index contributed by atoms with van der Waals surface area (Å²) in [4.78, 5) is 16.9. The van der Waals surface area contributed by atoms with Crippen LogP contribution in [0.1, 0.15) is 29.8 Å². The van der Waals surface area contributed by atoms with Crippen LogP contribution >= 0.6 is 0 Å². The average molecular weight is 303 g/mol. The first-order chi connectivity index (χ1) is 10.8. The summed E-state index contributed by atoms with van der Waals surface area (Å²) < 4.78 is 5.24. The van der Waals surface area contributed by atoms with Crippen LogP contribution in [0.5, 0.6) is 0 Å². The van der Waals surface area contributed by atoms with Crippen molar-refractivity contribution in [1.29, 1.82) is 0 Å². The Labute approximate surface area is 131 Å². The van der Waals surface area contributed by atoms with E-state index >= 15 is 0 Å². The van der Waals surface area contributed by atoms with Gasteiger partial charge in [-0.25, -0.2) is 0 Å². The molecule has 0 spiro atoms. The van der Waals surface area contributed by atoms with Crippen molar-refractivity contribution in [1.82, 2.24) is 15.1 Å². The van der Waals surface area contributed by atoms with E-state index in [1.807, 2.05) is 4.90 Å². The quantitative estimate of drug-likeness (QED) is 0.898. The van der Waals surface area contributed by atoms with Gasteiger partial charge in [0.05, 0.1) is 6.26 Å². The van der Waals surface area contributed by atoms with Crippen molar-refractivity contribution in [2.75, 3.05) is 39.3 Å². The van der Waals surface area contributed by atoms with E-state index < -0.39 is 0 Å². The first kappa shape index (κ1) is 14.3. The Bertz CT molecular complexity index is 486. The predicted octanol–water partition coefficient (Wildman–Crippen LogP) is 1.43. The smallest absolute Gasteiger partial charge is 0.289 e. The highest BCUT2D eigenvalue weighted by atomic mass is 16.3. The fraction of sp³-hybridized carbons (Fsp3) is 0.706. The largest absolute Gasteiger partial charge is 0.459 e. The van der Waals surface area contributed by atoms with Crippen molar-refractivity contribution in [3.8, 4) is 0 Å². The molecule has 0 aromatic carbocycles. The molecule has 2 bridgehead atoms. The van der Waals surface area contributed by atoms with Crippen molar-refractivity contribution in [3.05, 3.63) is 24.2 Å². The number of fused-ring (bicyclic) bond motifs is 2. The Morgan fingerprint density at radius 1 is 1.14 bits per heavy atom. The molecule has 3 fully saturated rings. The number of nitrogens with zero attached hydrogens (tertiary/aromatic N) is 2. The van der Waals surface area contributed by atoms with Crippen molar-refractivity contribution >= 4 is 5.91 Å². The second-order valence-electron chi connectivity index (χ2n) is 6.91. The number of hydrogen-bond donors (Lipinski definition) is 1. The van der Waals surface area contributed by atoms with E-state index in [9.17, 15) is 4.79 Å². The topological polar surface area (TPSA) is 48.7 Å². The van der Waals surface area contributed by atoms with Crippen LogP contribution < -0.4 is 5.32 Å². The van der Waals surface area contributed by atoms with Gasteiger partial charge in [-0.1, -0.05) is 6.42 Å². The lowest BCUT2D eigenvalue weighted by molar-refractivity contribution is 0.00211. The molecule has 3 aliphatic rings. The number of piperidine rings is 1. The lowest BCUT2D eigenvalue weighted by Crippen LogP contribution is -2.61. The Balaban J connectivity index is 1.38. The number of amides is 1. The van der Waals surface area contributed by atoms with E-state index in [4.69, 9.17) is 4.42 Å². The van der Waals surface area contributed by atoms with Gasteiger partial charge in [0.15, 0.2) is 5.76 Å². The molecule has 1 aromatic heterocycles. The summed E-state index contributed by atoms with van der Waals surface area (Å²) in [6.07, 6.45) is 5.68. The summed E-state index contributed by atoms with van der Waals surface area (Å²) in [7, 11) is 0. The summed E-state index contributed by atoms with van der Waals surface area (Å²) in [5.74, 6) is 2.11. The van der Waals surface area contributed by atoms with E-state index in [-0.39, 0.29) is 5.91 Å². The highest BCUT2D eigenvalue weighted by Gasteiger charge is 2.40. The monoisotopic (exact) mass is 303 g/mol. The molecule has 2 atom stereocenters. The maximum Gasteiger partial charge on any atom is 0.289 e. The van der Waals surface area contributed by atoms with Gasteiger partial charge >= 0.3 is 0 Å².